The van der Waals surface area contributed by atoms with E-state index in [1.54, 1.807) is 0 Å². The minimum absolute atomic E-state index is 0.673. The third-order valence-corrected chi connectivity index (χ3v) is 5.57. The van der Waals surface area contributed by atoms with Crippen LogP contribution in [0, 0.1) is 6.92 Å². The van der Waals surface area contributed by atoms with E-state index in [4.69, 9.17) is 0 Å². The third kappa shape index (κ3) is 2.60. The Morgan fingerprint density at radius 2 is 1.83 bits per heavy atom. The highest BCUT2D eigenvalue weighted by molar-refractivity contribution is 5.83. The summed E-state index contributed by atoms with van der Waals surface area (Å²) in [5.74, 6) is 0.673. The molecule has 2 aromatic carbocycles. The number of piperidine rings is 1. The fourth-order valence-corrected chi connectivity index (χ4v) is 4.30. The molecule has 0 aliphatic carbocycles. The lowest BCUT2D eigenvalue weighted by molar-refractivity contribution is 0.506. The molecule has 0 saturated carbocycles. The summed E-state index contributed by atoms with van der Waals surface area (Å²) < 4.78 is 0. The Kier molecular flexibility index (Phi) is 4.05. The molecule has 4 rings (SSSR count). The van der Waals surface area contributed by atoms with Crippen LogP contribution in [0.1, 0.15) is 42.4 Å². The predicted octanol–water partition coefficient (Wildman–Crippen LogP) is 5.42. The van der Waals surface area contributed by atoms with Crippen molar-refractivity contribution in [2.24, 2.45) is 0 Å². The number of nitrogens with zero attached hydrogens (tertiary/aromatic N) is 1. The molecular formula is C22H26N2. The minimum atomic E-state index is 0.673. The van der Waals surface area contributed by atoms with Crippen molar-refractivity contribution in [2.75, 3.05) is 18.0 Å². The second-order valence-electron chi connectivity index (χ2n) is 6.99. The van der Waals surface area contributed by atoms with Crippen molar-refractivity contribution in [2.45, 2.75) is 39.0 Å². The number of aryl methyl sites for hydroxylation is 2. The maximum Gasteiger partial charge on any atom is 0.0456 e. The molecule has 0 radical (unpaired) electrons. The van der Waals surface area contributed by atoms with Crippen LogP contribution in [0.25, 0.3) is 10.9 Å². The largest absolute Gasteiger partial charge is 0.371 e. The van der Waals surface area contributed by atoms with Crippen LogP contribution >= 0.6 is 0 Å². The molecule has 1 aromatic heterocycles. The molecule has 1 fully saturated rings. The van der Waals surface area contributed by atoms with Gasteiger partial charge in [-0.25, -0.2) is 0 Å². The van der Waals surface area contributed by atoms with E-state index in [2.05, 4.69) is 72.4 Å². The van der Waals surface area contributed by atoms with Crippen LogP contribution in [-0.2, 0) is 6.42 Å². The first-order valence-corrected chi connectivity index (χ1v) is 9.17. The molecule has 24 heavy (non-hydrogen) atoms. The van der Waals surface area contributed by atoms with Gasteiger partial charge in [-0.3, -0.25) is 0 Å². The van der Waals surface area contributed by atoms with Gasteiger partial charge in [0.25, 0.3) is 0 Å². The van der Waals surface area contributed by atoms with Crippen molar-refractivity contribution < 1.29 is 0 Å². The number of hydrogen-bond donors (Lipinski definition) is 1. The highest BCUT2D eigenvalue weighted by atomic mass is 15.1. The zero-order chi connectivity index (χ0) is 16.5. The van der Waals surface area contributed by atoms with Crippen molar-refractivity contribution in [3.05, 3.63) is 65.4 Å². The van der Waals surface area contributed by atoms with Gasteiger partial charge in [-0.05, 0) is 54.9 Å². The molecule has 1 aliphatic rings. The molecule has 2 heterocycles. The highest BCUT2D eigenvalue weighted by Gasteiger charge is 2.24. The van der Waals surface area contributed by atoms with Crippen LogP contribution in [0.4, 0.5) is 5.69 Å². The summed E-state index contributed by atoms with van der Waals surface area (Å²) in [5.41, 5.74) is 7.16. The summed E-state index contributed by atoms with van der Waals surface area (Å²) in [6.07, 6.45) is 5.81. The van der Waals surface area contributed by atoms with Gasteiger partial charge in [-0.15, -0.1) is 0 Å². The lowest BCUT2D eigenvalue weighted by atomic mass is 9.88. The number of benzene rings is 2. The monoisotopic (exact) mass is 318 g/mol. The number of hydrogen-bond acceptors (Lipinski definition) is 1. The quantitative estimate of drug-likeness (QED) is 0.683. The number of fused-ring (bicyclic) bond motifs is 1. The second-order valence-corrected chi connectivity index (χ2v) is 6.99. The van der Waals surface area contributed by atoms with Crippen LogP contribution < -0.4 is 4.90 Å². The van der Waals surface area contributed by atoms with E-state index in [0.717, 1.165) is 19.5 Å². The van der Waals surface area contributed by atoms with Gasteiger partial charge in [0.2, 0.25) is 0 Å². The standard InChI is InChI=1S/C22H26N2/c1-3-17-8-6-7-16(2)22(17)24-13-11-18(12-14-24)20-15-23-21-10-5-4-9-19(20)21/h4-10,15,18,23H,3,11-14H2,1-2H3. The number of rotatable bonds is 3. The van der Waals surface area contributed by atoms with E-state index >= 15 is 0 Å². The summed E-state index contributed by atoms with van der Waals surface area (Å²) >= 11 is 0. The van der Waals surface area contributed by atoms with Crippen LogP contribution in [0.5, 0.6) is 0 Å². The number of aromatic nitrogens is 1. The van der Waals surface area contributed by atoms with Gasteiger partial charge >= 0.3 is 0 Å². The number of anilines is 1. The molecule has 1 saturated heterocycles. The Hall–Kier alpha value is -2.22. The predicted molar refractivity (Wildman–Crippen MR) is 103 cm³/mol. The number of para-hydroxylation sites is 2. The maximum absolute atomic E-state index is 3.44. The fourth-order valence-electron chi connectivity index (χ4n) is 4.30. The van der Waals surface area contributed by atoms with Crippen molar-refractivity contribution in [3.8, 4) is 0 Å². The lowest BCUT2D eigenvalue weighted by Gasteiger charge is -2.35. The van der Waals surface area contributed by atoms with E-state index in [1.165, 1.54) is 46.1 Å². The normalized spacial score (nSPS) is 16.0. The van der Waals surface area contributed by atoms with Gasteiger partial charge in [0, 0.05) is 35.9 Å². The summed E-state index contributed by atoms with van der Waals surface area (Å²) in [5, 5.41) is 1.40. The zero-order valence-electron chi connectivity index (χ0n) is 14.7. The Morgan fingerprint density at radius 1 is 1.04 bits per heavy atom. The van der Waals surface area contributed by atoms with Gasteiger partial charge in [0.1, 0.15) is 0 Å². The van der Waals surface area contributed by atoms with Crippen molar-refractivity contribution in [1.82, 2.24) is 4.98 Å². The van der Waals surface area contributed by atoms with Crippen LogP contribution in [-0.4, -0.2) is 18.1 Å². The molecule has 1 N–H and O–H groups in total. The fraction of sp³-hybridized carbons (Fsp3) is 0.364. The molecule has 0 spiro atoms. The molecule has 0 bridgehead atoms. The number of H-pyrrole nitrogens is 1. The second kappa shape index (κ2) is 6.35. The Morgan fingerprint density at radius 3 is 2.62 bits per heavy atom. The molecule has 1 aliphatic heterocycles. The third-order valence-electron chi connectivity index (χ3n) is 5.57. The lowest BCUT2D eigenvalue weighted by Crippen LogP contribution is -2.34. The molecule has 2 nitrogen and oxygen atoms in total. The first-order valence-electron chi connectivity index (χ1n) is 9.17. The minimum Gasteiger partial charge on any atom is -0.371 e. The first kappa shape index (κ1) is 15.3. The average Bonchev–Trinajstić information content (AvgIpc) is 3.06. The number of aromatic amines is 1. The molecule has 0 unspecified atom stereocenters. The van der Waals surface area contributed by atoms with Crippen LogP contribution in [0.15, 0.2) is 48.7 Å². The van der Waals surface area contributed by atoms with E-state index in [1.807, 2.05) is 0 Å². The van der Waals surface area contributed by atoms with Crippen molar-refractivity contribution in [3.63, 3.8) is 0 Å². The van der Waals surface area contributed by atoms with E-state index in [-0.39, 0.29) is 0 Å². The van der Waals surface area contributed by atoms with Crippen LogP contribution in [0.2, 0.25) is 0 Å². The summed E-state index contributed by atoms with van der Waals surface area (Å²) in [6.45, 7) is 6.82. The van der Waals surface area contributed by atoms with Crippen molar-refractivity contribution >= 4 is 16.6 Å². The smallest absolute Gasteiger partial charge is 0.0456 e. The van der Waals surface area contributed by atoms with Gasteiger partial charge < -0.3 is 9.88 Å². The molecule has 2 heteroatoms. The van der Waals surface area contributed by atoms with Gasteiger partial charge in [-0.2, -0.15) is 0 Å². The molecule has 0 amide bonds. The van der Waals surface area contributed by atoms with E-state index in [9.17, 15) is 0 Å². The summed E-state index contributed by atoms with van der Waals surface area (Å²) in [6, 6.07) is 15.4. The maximum atomic E-state index is 3.44. The Bertz CT molecular complexity index is 838. The summed E-state index contributed by atoms with van der Waals surface area (Å²) in [7, 11) is 0. The molecule has 0 atom stereocenters. The van der Waals surface area contributed by atoms with Gasteiger partial charge in [0.15, 0.2) is 0 Å². The van der Waals surface area contributed by atoms with Crippen LogP contribution in [0.3, 0.4) is 0 Å². The first-order chi connectivity index (χ1) is 11.8. The summed E-state index contributed by atoms with van der Waals surface area (Å²) in [4.78, 5) is 6.05. The topological polar surface area (TPSA) is 19.0 Å². The Balaban J connectivity index is 1.55. The Labute approximate surface area is 144 Å². The highest BCUT2D eigenvalue weighted by Crippen LogP contribution is 2.36. The van der Waals surface area contributed by atoms with E-state index in [0.29, 0.717) is 5.92 Å². The van der Waals surface area contributed by atoms with Crippen molar-refractivity contribution in [1.29, 1.82) is 0 Å². The SMILES string of the molecule is CCc1cccc(C)c1N1CCC(c2c[nH]c3ccccc23)CC1. The average molecular weight is 318 g/mol. The van der Waals surface area contributed by atoms with Gasteiger partial charge in [-0.1, -0.05) is 43.3 Å². The zero-order valence-corrected chi connectivity index (χ0v) is 14.7. The number of nitrogens with one attached hydrogen (secondary N) is 1. The van der Waals surface area contributed by atoms with E-state index < -0.39 is 0 Å². The van der Waals surface area contributed by atoms with Gasteiger partial charge in [0.05, 0.1) is 0 Å². The molecule has 3 aromatic rings. The molecular weight excluding hydrogens is 292 g/mol. The molecule has 124 valence electrons.